The van der Waals surface area contributed by atoms with E-state index in [1.807, 2.05) is 36.6 Å². The van der Waals surface area contributed by atoms with Crippen LogP contribution in [0.15, 0.2) is 42.9 Å². The van der Waals surface area contributed by atoms with Crippen LogP contribution in [0.1, 0.15) is 24.6 Å². The third kappa shape index (κ3) is 9.41. The molecule has 7 N–H and O–H groups in total. The van der Waals surface area contributed by atoms with Crippen LogP contribution in [0.4, 0.5) is 0 Å². The lowest BCUT2D eigenvalue weighted by Crippen LogP contribution is -2.57. The highest BCUT2D eigenvalue weighted by Crippen LogP contribution is 2.07. The number of carboxylic acids is 1. The summed E-state index contributed by atoms with van der Waals surface area (Å²) in [6.07, 6.45) is 5.49. The van der Waals surface area contributed by atoms with E-state index in [-0.39, 0.29) is 6.42 Å². The highest BCUT2D eigenvalue weighted by atomic mass is 32.2. The summed E-state index contributed by atoms with van der Waals surface area (Å²) in [5.74, 6) is -2.34. The van der Waals surface area contributed by atoms with Crippen LogP contribution in [0.5, 0.6) is 0 Å². The second-order valence-electron chi connectivity index (χ2n) is 8.05. The summed E-state index contributed by atoms with van der Waals surface area (Å²) in [5.41, 5.74) is 7.53. The van der Waals surface area contributed by atoms with Gasteiger partial charge in [-0.05, 0) is 37.3 Å². The minimum Gasteiger partial charge on any atom is -0.480 e. The van der Waals surface area contributed by atoms with Gasteiger partial charge in [0.2, 0.25) is 17.7 Å². The van der Waals surface area contributed by atoms with Crippen LogP contribution in [0.3, 0.4) is 0 Å². The molecule has 0 aliphatic carbocycles. The van der Waals surface area contributed by atoms with Crippen LogP contribution in [0.2, 0.25) is 0 Å². The highest BCUT2D eigenvalue weighted by molar-refractivity contribution is 7.98. The monoisotopic (exact) mass is 504 g/mol. The van der Waals surface area contributed by atoms with Crippen molar-refractivity contribution in [2.45, 2.75) is 50.4 Å². The lowest BCUT2D eigenvalue weighted by molar-refractivity contribution is -0.141. The quantitative estimate of drug-likeness (QED) is 0.205. The van der Waals surface area contributed by atoms with E-state index in [1.54, 1.807) is 0 Å². The Morgan fingerprint density at radius 1 is 1.03 bits per heavy atom. The normalized spacial score (nSPS) is 14.3. The van der Waals surface area contributed by atoms with E-state index in [0.717, 1.165) is 5.56 Å². The Labute approximate surface area is 208 Å². The fraction of sp³-hybridized carbons (Fsp3) is 0.435. The second kappa shape index (κ2) is 14.1. The Kier molecular flexibility index (Phi) is 11.2. The first-order valence-electron chi connectivity index (χ1n) is 11.1. The number of H-pyrrole nitrogens is 1. The van der Waals surface area contributed by atoms with Crippen molar-refractivity contribution in [3.05, 3.63) is 54.1 Å². The number of imidazole rings is 1. The smallest absolute Gasteiger partial charge is 0.325 e. The molecule has 0 bridgehead atoms. The zero-order chi connectivity index (χ0) is 25.8. The van der Waals surface area contributed by atoms with E-state index >= 15 is 0 Å². The number of aromatic nitrogens is 2. The van der Waals surface area contributed by atoms with E-state index in [4.69, 9.17) is 10.8 Å². The second-order valence-corrected chi connectivity index (χ2v) is 9.04. The number of rotatable bonds is 14. The molecule has 3 amide bonds. The molecule has 1 aromatic heterocycles. The Hall–Kier alpha value is -3.38. The highest BCUT2D eigenvalue weighted by Gasteiger charge is 2.29. The van der Waals surface area contributed by atoms with E-state index in [9.17, 15) is 19.2 Å². The van der Waals surface area contributed by atoms with Crippen molar-refractivity contribution in [3.63, 3.8) is 0 Å². The molecule has 0 saturated carbocycles. The number of thioether (sulfide) groups is 1. The fourth-order valence-corrected chi connectivity index (χ4v) is 3.69. The van der Waals surface area contributed by atoms with Crippen molar-refractivity contribution >= 4 is 35.5 Å². The molecule has 0 spiro atoms. The van der Waals surface area contributed by atoms with Crippen LogP contribution in [0, 0.1) is 0 Å². The predicted molar refractivity (Wildman–Crippen MR) is 133 cm³/mol. The van der Waals surface area contributed by atoms with Gasteiger partial charge in [-0.25, -0.2) is 4.98 Å². The Bertz CT molecular complexity index is 972. The van der Waals surface area contributed by atoms with Crippen LogP contribution >= 0.6 is 11.8 Å². The average Bonchev–Trinajstić information content (AvgIpc) is 3.34. The molecule has 190 valence electrons. The minimum absolute atomic E-state index is 0.0562. The summed E-state index contributed by atoms with van der Waals surface area (Å²) in [6.45, 7) is 1.32. The Morgan fingerprint density at radius 3 is 2.29 bits per heavy atom. The molecule has 12 heteroatoms. The van der Waals surface area contributed by atoms with E-state index in [1.165, 1.54) is 31.2 Å². The number of aromatic amines is 1. The molecule has 0 saturated heterocycles. The largest absolute Gasteiger partial charge is 0.480 e. The zero-order valence-corrected chi connectivity index (χ0v) is 20.5. The van der Waals surface area contributed by atoms with Crippen molar-refractivity contribution in [2.75, 3.05) is 12.0 Å². The van der Waals surface area contributed by atoms with E-state index < -0.39 is 47.9 Å². The van der Waals surface area contributed by atoms with Gasteiger partial charge in [0.1, 0.15) is 18.1 Å². The standard InChI is InChI=1S/C23H32N6O5S/c1-14(23(33)34)27-22(32)19(11-16-12-25-13-26-16)29-21(31)18(8-9-35-2)28-20(30)17(24)10-15-6-4-3-5-7-15/h3-7,12-14,17-19H,8-11,24H2,1-2H3,(H,25,26)(H,27,32)(H,28,30)(H,29,31)(H,33,34). The molecule has 0 aliphatic heterocycles. The Balaban J connectivity index is 2.10. The minimum atomic E-state index is -1.21. The lowest BCUT2D eigenvalue weighted by atomic mass is 10.0. The molecule has 2 rings (SSSR count). The van der Waals surface area contributed by atoms with Gasteiger partial charge in [0.05, 0.1) is 12.4 Å². The van der Waals surface area contributed by atoms with Gasteiger partial charge in [0.25, 0.3) is 0 Å². The molecular formula is C23H32N6O5S. The van der Waals surface area contributed by atoms with Crippen molar-refractivity contribution in [1.29, 1.82) is 0 Å². The van der Waals surface area contributed by atoms with Gasteiger partial charge in [0.15, 0.2) is 0 Å². The SMILES string of the molecule is CSCCC(NC(=O)C(N)Cc1ccccc1)C(=O)NC(Cc1cnc[nH]1)C(=O)NC(C)C(=O)O. The topological polar surface area (TPSA) is 179 Å². The Morgan fingerprint density at radius 2 is 1.69 bits per heavy atom. The van der Waals surface area contributed by atoms with Gasteiger partial charge >= 0.3 is 5.97 Å². The number of nitrogens with zero attached hydrogens (tertiary/aromatic N) is 1. The number of aliphatic carboxylic acids is 1. The predicted octanol–water partition coefficient (Wildman–Crippen LogP) is -0.166. The average molecular weight is 505 g/mol. The summed E-state index contributed by atoms with van der Waals surface area (Å²) < 4.78 is 0. The molecule has 0 fully saturated rings. The third-order valence-corrected chi connectivity index (χ3v) is 5.86. The molecule has 35 heavy (non-hydrogen) atoms. The molecule has 4 unspecified atom stereocenters. The molecule has 11 nitrogen and oxygen atoms in total. The van der Waals surface area contributed by atoms with Gasteiger partial charge in [-0.2, -0.15) is 11.8 Å². The molecule has 4 atom stereocenters. The number of carbonyl (C=O) groups excluding carboxylic acids is 3. The van der Waals surface area contributed by atoms with Crippen LogP contribution in [-0.2, 0) is 32.0 Å². The fourth-order valence-electron chi connectivity index (χ4n) is 3.22. The van der Waals surface area contributed by atoms with Crippen molar-refractivity contribution in [1.82, 2.24) is 25.9 Å². The number of carbonyl (C=O) groups is 4. The third-order valence-electron chi connectivity index (χ3n) is 5.22. The molecule has 0 radical (unpaired) electrons. The summed E-state index contributed by atoms with van der Waals surface area (Å²) in [7, 11) is 0. The summed E-state index contributed by atoms with van der Waals surface area (Å²) in [6, 6.07) is 5.28. The molecule has 0 aliphatic rings. The number of amides is 3. The van der Waals surface area contributed by atoms with Gasteiger partial charge in [-0.3, -0.25) is 19.2 Å². The summed E-state index contributed by atoms with van der Waals surface area (Å²) in [5, 5.41) is 16.8. The van der Waals surface area contributed by atoms with Crippen LogP contribution < -0.4 is 21.7 Å². The number of hydrogen-bond acceptors (Lipinski definition) is 7. The van der Waals surface area contributed by atoms with Gasteiger partial charge in [-0.1, -0.05) is 30.3 Å². The summed E-state index contributed by atoms with van der Waals surface area (Å²) >= 11 is 1.51. The van der Waals surface area contributed by atoms with E-state index in [2.05, 4.69) is 25.9 Å². The molecular weight excluding hydrogens is 472 g/mol. The van der Waals surface area contributed by atoms with Gasteiger partial charge < -0.3 is 31.8 Å². The first-order valence-corrected chi connectivity index (χ1v) is 12.5. The maximum absolute atomic E-state index is 13.1. The zero-order valence-electron chi connectivity index (χ0n) is 19.7. The van der Waals surface area contributed by atoms with Crippen LogP contribution in [-0.4, -0.2) is 74.9 Å². The van der Waals surface area contributed by atoms with Gasteiger partial charge in [-0.15, -0.1) is 0 Å². The van der Waals surface area contributed by atoms with E-state index in [0.29, 0.717) is 24.3 Å². The molecule has 1 aromatic carbocycles. The molecule has 1 heterocycles. The van der Waals surface area contributed by atoms with Crippen LogP contribution in [0.25, 0.3) is 0 Å². The number of nitrogens with two attached hydrogens (primary N) is 1. The number of carboxylic acid groups (broad SMARTS) is 1. The van der Waals surface area contributed by atoms with Crippen molar-refractivity contribution < 1.29 is 24.3 Å². The molecule has 2 aromatic rings. The lowest BCUT2D eigenvalue weighted by Gasteiger charge is -2.24. The number of benzene rings is 1. The van der Waals surface area contributed by atoms with Crippen molar-refractivity contribution in [3.8, 4) is 0 Å². The van der Waals surface area contributed by atoms with Gasteiger partial charge in [0, 0.05) is 18.3 Å². The maximum Gasteiger partial charge on any atom is 0.325 e. The number of hydrogen-bond donors (Lipinski definition) is 6. The maximum atomic E-state index is 13.1. The number of nitrogens with one attached hydrogen (secondary N) is 4. The summed E-state index contributed by atoms with van der Waals surface area (Å²) in [4.78, 5) is 56.5. The van der Waals surface area contributed by atoms with Crippen molar-refractivity contribution in [2.24, 2.45) is 5.73 Å². The first-order chi connectivity index (χ1) is 16.7. The first kappa shape index (κ1) is 27.9.